The summed E-state index contributed by atoms with van der Waals surface area (Å²) in [6.45, 7) is 7.71. The molecule has 6 rings (SSSR count). The monoisotopic (exact) mass is 641 g/mol. The molecule has 1 saturated carbocycles. The van der Waals surface area contributed by atoms with Crippen molar-refractivity contribution in [1.29, 1.82) is 0 Å². The van der Waals surface area contributed by atoms with Crippen LogP contribution in [-0.4, -0.2) is 58.0 Å². The van der Waals surface area contributed by atoms with Crippen LogP contribution in [0.15, 0.2) is 66.7 Å². The van der Waals surface area contributed by atoms with Crippen molar-refractivity contribution in [1.82, 2.24) is 14.8 Å². The van der Waals surface area contributed by atoms with Crippen molar-refractivity contribution in [3.63, 3.8) is 0 Å². The van der Waals surface area contributed by atoms with Crippen molar-refractivity contribution in [2.75, 3.05) is 19.7 Å². The van der Waals surface area contributed by atoms with E-state index in [9.17, 15) is 19.1 Å². The number of nitrogens with one attached hydrogen (secondary N) is 1. The first-order valence-corrected chi connectivity index (χ1v) is 16.6. The standard InChI is InChI=1S/C38H44FN3O5/c1-38(2,3)47-37(45)40-18-19-41(22-25-10-6-4-7-11-25)29-23-42-32-20-27(36(43)44)14-16-30(32)34(26-12-8-5-9-13-26)35(42)31-17-15-28(39)21-33(31)46-24-29/h4,6-7,10-11,14-17,20-21,26,29H,5,8-9,12-13,18-19,22-24H2,1-3H3,(H,40,45)(H,43,44)/t29-/m1/s1. The minimum absolute atomic E-state index is 0.200. The summed E-state index contributed by atoms with van der Waals surface area (Å²) in [6.07, 6.45) is 5.08. The van der Waals surface area contributed by atoms with E-state index in [1.807, 2.05) is 45.0 Å². The highest BCUT2D eigenvalue weighted by Gasteiger charge is 2.32. The van der Waals surface area contributed by atoms with Crippen molar-refractivity contribution in [2.24, 2.45) is 0 Å². The van der Waals surface area contributed by atoms with Crippen molar-refractivity contribution >= 4 is 23.0 Å². The maximum atomic E-state index is 14.8. The Morgan fingerprint density at radius 1 is 1.04 bits per heavy atom. The van der Waals surface area contributed by atoms with Gasteiger partial charge in [-0.15, -0.1) is 0 Å². The van der Waals surface area contributed by atoms with Gasteiger partial charge in [0.05, 0.1) is 17.3 Å². The van der Waals surface area contributed by atoms with Gasteiger partial charge in [0.15, 0.2) is 0 Å². The Labute approximate surface area is 275 Å². The number of ether oxygens (including phenoxy) is 2. The zero-order chi connectivity index (χ0) is 33.1. The Morgan fingerprint density at radius 2 is 1.81 bits per heavy atom. The first kappa shape index (κ1) is 32.6. The Hall–Kier alpha value is -4.37. The number of nitrogens with zero attached hydrogens (tertiary/aromatic N) is 2. The summed E-state index contributed by atoms with van der Waals surface area (Å²) in [7, 11) is 0. The third-order valence-electron chi connectivity index (χ3n) is 9.20. The number of benzene rings is 3. The lowest BCUT2D eigenvalue weighted by Gasteiger charge is -2.35. The minimum atomic E-state index is -0.978. The molecule has 1 aliphatic carbocycles. The van der Waals surface area contributed by atoms with Crippen LogP contribution in [-0.2, 0) is 17.8 Å². The van der Waals surface area contributed by atoms with Gasteiger partial charge in [0.25, 0.3) is 0 Å². The number of alkyl carbamates (subject to hydrolysis) is 1. The van der Waals surface area contributed by atoms with Gasteiger partial charge in [-0.25, -0.2) is 14.0 Å². The number of fused-ring (bicyclic) bond motifs is 5. The second kappa shape index (κ2) is 13.8. The Balaban J connectivity index is 1.46. The molecule has 8 nitrogen and oxygen atoms in total. The summed E-state index contributed by atoms with van der Waals surface area (Å²) >= 11 is 0. The zero-order valence-corrected chi connectivity index (χ0v) is 27.4. The Bertz CT molecular complexity index is 1740. The molecular weight excluding hydrogens is 597 g/mol. The van der Waals surface area contributed by atoms with Crippen LogP contribution < -0.4 is 10.1 Å². The highest BCUT2D eigenvalue weighted by atomic mass is 19.1. The van der Waals surface area contributed by atoms with Crippen LogP contribution in [0.2, 0.25) is 0 Å². The fourth-order valence-electron chi connectivity index (χ4n) is 7.10. The van der Waals surface area contributed by atoms with E-state index in [-0.39, 0.29) is 24.0 Å². The molecular formula is C38H44FN3O5. The smallest absolute Gasteiger partial charge is 0.407 e. The Morgan fingerprint density at radius 3 is 2.53 bits per heavy atom. The number of rotatable bonds is 8. The van der Waals surface area contributed by atoms with Gasteiger partial charge in [-0.1, -0.05) is 55.7 Å². The second-order valence-corrected chi connectivity index (χ2v) is 13.7. The van der Waals surface area contributed by atoms with Crippen molar-refractivity contribution in [3.05, 3.63) is 89.2 Å². The van der Waals surface area contributed by atoms with Gasteiger partial charge in [0.1, 0.15) is 23.8 Å². The topological polar surface area (TPSA) is 93.0 Å². The molecule has 9 heteroatoms. The average molecular weight is 642 g/mol. The molecule has 0 bridgehead atoms. The Kier molecular flexibility index (Phi) is 9.55. The quantitative estimate of drug-likeness (QED) is 0.203. The van der Waals surface area contributed by atoms with E-state index in [1.165, 1.54) is 24.1 Å². The lowest BCUT2D eigenvalue weighted by molar-refractivity contribution is 0.0509. The third kappa shape index (κ3) is 7.46. The molecule has 47 heavy (non-hydrogen) atoms. The summed E-state index contributed by atoms with van der Waals surface area (Å²) in [4.78, 5) is 27.0. The SMILES string of the molecule is CC(C)(C)OC(=O)NCCN(Cc1ccccc1)[C@H]1COc2cc(F)ccc2-c2c(C3CCCCC3)c3ccc(C(=O)O)cc3n2C1. The van der Waals surface area contributed by atoms with Crippen molar-refractivity contribution in [3.8, 4) is 17.0 Å². The molecule has 3 aromatic carbocycles. The molecule has 4 aromatic rings. The number of carboxylic acid groups (broad SMARTS) is 1. The van der Waals surface area contributed by atoms with E-state index in [0.717, 1.165) is 53.4 Å². The van der Waals surface area contributed by atoms with Gasteiger partial charge >= 0.3 is 12.1 Å². The summed E-state index contributed by atoms with van der Waals surface area (Å²) in [5.41, 5.74) is 4.56. The molecule has 1 aromatic heterocycles. The van der Waals surface area contributed by atoms with Crippen LogP contribution in [0.25, 0.3) is 22.2 Å². The number of carboxylic acids is 1. The summed E-state index contributed by atoms with van der Waals surface area (Å²) in [6, 6.07) is 20.1. The van der Waals surface area contributed by atoms with Crippen LogP contribution in [0.4, 0.5) is 9.18 Å². The highest BCUT2D eigenvalue weighted by Crippen LogP contribution is 2.47. The molecule has 0 saturated heterocycles. The first-order chi connectivity index (χ1) is 22.6. The number of carbonyl (C=O) groups is 2. The predicted octanol–water partition coefficient (Wildman–Crippen LogP) is 7.98. The molecule has 248 valence electrons. The number of aromatic carboxylic acids is 1. The van der Waals surface area contributed by atoms with Crippen LogP contribution in [0.5, 0.6) is 5.75 Å². The molecule has 1 fully saturated rings. The summed E-state index contributed by atoms with van der Waals surface area (Å²) in [5.74, 6) is -0.583. The van der Waals surface area contributed by atoms with Crippen molar-refractivity contribution < 1.29 is 28.6 Å². The molecule has 0 spiro atoms. The number of hydrogen-bond donors (Lipinski definition) is 2. The summed E-state index contributed by atoms with van der Waals surface area (Å²) in [5, 5.41) is 13.9. The average Bonchev–Trinajstić information content (AvgIpc) is 3.34. The number of carbonyl (C=O) groups excluding carboxylic acids is 1. The zero-order valence-electron chi connectivity index (χ0n) is 27.4. The van der Waals surface area contributed by atoms with Crippen LogP contribution in [0, 0.1) is 5.82 Å². The van der Waals surface area contributed by atoms with Crippen LogP contribution in [0.3, 0.4) is 0 Å². The normalized spacial score (nSPS) is 16.9. The van der Waals surface area contributed by atoms with Gasteiger partial charge in [-0.2, -0.15) is 0 Å². The highest BCUT2D eigenvalue weighted by molar-refractivity contribution is 5.98. The number of amides is 1. The first-order valence-electron chi connectivity index (χ1n) is 16.6. The predicted molar refractivity (Wildman–Crippen MR) is 180 cm³/mol. The van der Waals surface area contributed by atoms with E-state index in [2.05, 4.69) is 26.9 Å². The number of aromatic nitrogens is 1. The lowest BCUT2D eigenvalue weighted by Crippen LogP contribution is -2.46. The molecule has 1 amide bonds. The van der Waals surface area contributed by atoms with Gasteiger partial charge in [0.2, 0.25) is 0 Å². The van der Waals surface area contributed by atoms with E-state index in [4.69, 9.17) is 9.47 Å². The largest absolute Gasteiger partial charge is 0.491 e. The third-order valence-corrected chi connectivity index (χ3v) is 9.20. The molecule has 2 aliphatic rings. The molecule has 2 heterocycles. The maximum absolute atomic E-state index is 14.8. The molecule has 1 aliphatic heterocycles. The van der Waals surface area contributed by atoms with Gasteiger partial charge in [-0.3, -0.25) is 4.90 Å². The maximum Gasteiger partial charge on any atom is 0.407 e. The van der Waals surface area contributed by atoms with Gasteiger partial charge in [-0.05, 0) is 74.9 Å². The fourth-order valence-corrected chi connectivity index (χ4v) is 7.10. The van der Waals surface area contributed by atoms with E-state index in [1.54, 1.807) is 18.2 Å². The number of hydrogen-bond acceptors (Lipinski definition) is 5. The van der Waals surface area contributed by atoms with E-state index >= 15 is 0 Å². The fraction of sp³-hybridized carbons (Fsp3) is 0.421. The second-order valence-electron chi connectivity index (χ2n) is 13.7. The summed E-state index contributed by atoms with van der Waals surface area (Å²) < 4.78 is 29.0. The minimum Gasteiger partial charge on any atom is -0.491 e. The van der Waals surface area contributed by atoms with Crippen LogP contribution >= 0.6 is 0 Å². The van der Waals surface area contributed by atoms with Gasteiger partial charge < -0.3 is 24.5 Å². The molecule has 0 unspecified atom stereocenters. The van der Waals surface area contributed by atoms with Gasteiger partial charge in [0, 0.05) is 48.7 Å². The van der Waals surface area contributed by atoms with Crippen molar-refractivity contribution in [2.45, 2.75) is 83.5 Å². The molecule has 0 radical (unpaired) electrons. The lowest BCUT2D eigenvalue weighted by atomic mass is 9.81. The number of halogens is 1. The van der Waals surface area contributed by atoms with E-state index < -0.39 is 17.7 Å². The van der Waals surface area contributed by atoms with E-state index in [0.29, 0.717) is 37.8 Å². The molecule has 2 N–H and O–H groups in total. The molecule has 1 atom stereocenters. The van der Waals surface area contributed by atoms with Crippen LogP contribution in [0.1, 0.15) is 80.3 Å².